The summed E-state index contributed by atoms with van der Waals surface area (Å²) in [6.45, 7) is 2.43. The van der Waals surface area contributed by atoms with Crippen molar-refractivity contribution in [1.82, 2.24) is 19.6 Å². The second kappa shape index (κ2) is 8.76. The number of nitrogens with zero attached hydrogens (tertiary/aromatic N) is 3. The molecule has 0 radical (unpaired) electrons. The summed E-state index contributed by atoms with van der Waals surface area (Å²) >= 11 is 1.51. The first-order valence-electron chi connectivity index (χ1n) is 11.9. The molecule has 1 atom stereocenters. The van der Waals surface area contributed by atoms with E-state index in [1.165, 1.54) is 11.3 Å². The van der Waals surface area contributed by atoms with E-state index in [0.717, 1.165) is 53.0 Å². The summed E-state index contributed by atoms with van der Waals surface area (Å²) in [5.74, 6) is -0.296. The largest absolute Gasteiger partial charge is 0.381 e. The van der Waals surface area contributed by atoms with Crippen LogP contribution in [0.4, 0.5) is 4.39 Å². The molecule has 1 N–H and O–H groups in total. The van der Waals surface area contributed by atoms with Crippen LogP contribution in [0.2, 0.25) is 0 Å². The van der Waals surface area contributed by atoms with E-state index < -0.39 is 0 Å². The highest BCUT2D eigenvalue weighted by Gasteiger charge is 2.24. The first-order valence-corrected chi connectivity index (χ1v) is 12.7. The molecule has 8 heteroatoms. The van der Waals surface area contributed by atoms with Crippen LogP contribution in [0.3, 0.4) is 0 Å². The molecule has 2 fully saturated rings. The molecule has 6 rings (SSSR count). The highest BCUT2D eigenvalue weighted by atomic mass is 32.1. The number of benzene rings is 2. The number of aromatic nitrogens is 2. The van der Waals surface area contributed by atoms with Gasteiger partial charge in [-0.1, -0.05) is 17.4 Å². The Labute approximate surface area is 201 Å². The van der Waals surface area contributed by atoms with Crippen molar-refractivity contribution in [2.75, 3.05) is 26.8 Å². The third-order valence-corrected chi connectivity index (χ3v) is 8.10. The molecule has 4 aromatic rings. The van der Waals surface area contributed by atoms with Gasteiger partial charge in [0.25, 0.3) is 5.91 Å². The van der Waals surface area contributed by atoms with Crippen LogP contribution < -0.4 is 5.32 Å². The number of ether oxygens (including phenoxy) is 1. The standard InChI is InChI=1S/C26H27FN4O2S/c1-30-10-2-3-22(30)16-4-6-19(20(27)13-16)21-15-31-23-7-5-17(14-24(23)34-26(31)29-21)25(32)28-18-8-11-33-12-9-18/h4-7,13-15,18,22H,2-3,8-12H2,1H3,(H,28,32). The van der Waals surface area contributed by atoms with Crippen LogP contribution >= 0.6 is 11.3 Å². The monoisotopic (exact) mass is 478 g/mol. The van der Waals surface area contributed by atoms with Crippen LogP contribution in [0, 0.1) is 5.82 Å². The fourth-order valence-electron chi connectivity index (χ4n) is 5.16. The zero-order valence-corrected chi connectivity index (χ0v) is 19.9. The molecular weight excluding hydrogens is 451 g/mol. The van der Waals surface area contributed by atoms with Crippen molar-refractivity contribution in [2.24, 2.45) is 0 Å². The summed E-state index contributed by atoms with van der Waals surface area (Å²) in [6, 6.07) is 11.7. The maximum atomic E-state index is 15.1. The van der Waals surface area contributed by atoms with E-state index in [4.69, 9.17) is 9.72 Å². The predicted octanol–water partition coefficient (Wildman–Crippen LogP) is 5.03. The van der Waals surface area contributed by atoms with Crippen LogP contribution in [0.1, 0.15) is 47.6 Å². The summed E-state index contributed by atoms with van der Waals surface area (Å²) in [7, 11) is 2.10. The number of likely N-dealkylation sites (tertiary alicyclic amines) is 1. The lowest BCUT2D eigenvalue weighted by Crippen LogP contribution is -2.38. The smallest absolute Gasteiger partial charge is 0.251 e. The van der Waals surface area contributed by atoms with E-state index in [1.54, 1.807) is 6.07 Å². The third kappa shape index (κ3) is 3.89. The van der Waals surface area contributed by atoms with E-state index in [9.17, 15) is 4.79 Å². The van der Waals surface area contributed by atoms with Crippen molar-refractivity contribution in [3.05, 3.63) is 59.5 Å². The van der Waals surface area contributed by atoms with Crippen molar-refractivity contribution < 1.29 is 13.9 Å². The van der Waals surface area contributed by atoms with Gasteiger partial charge in [-0.3, -0.25) is 14.1 Å². The molecule has 2 aliphatic heterocycles. The van der Waals surface area contributed by atoms with Gasteiger partial charge in [-0.25, -0.2) is 9.37 Å². The van der Waals surface area contributed by atoms with Crippen LogP contribution in [0.25, 0.3) is 26.4 Å². The van der Waals surface area contributed by atoms with Gasteiger partial charge >= 0.3 is 0 Å². The molecule has 0 spiro atoms. The summed E-state index contributed by atoms with van der Waals surface area (Å²) in [4.78, 5) is 20.5. The van der Waals surface area contributed by atoms with Crippen LogP contribution in [-0.4, -0.2) is 53.0 Å². The van der Waals surface area contributed by atoms with Gasteiger partial charge in [0.05, 0.1) is 15.9 Å². The Morgan fingerprint density at radius 1 is 1.18 bits per heavy atom. The second-order valence-electron chi connectivity index (χ2n) is 9.30. The predicted molar refractivity (Wildman–Crippen MR) is 132 cm³/mol. The van der Waals surface area contributed by atoms with Crippen molar-refractivity contribution in [2.45, 2.75) is 37.8 Å². The van der Waals surface area contributed by atoms with Crippen molar-refractivity contribution in [3.63, 3.8) is 0 Å². The number of rotatable bonds is 4. The van der Waals surface area contributed by atoms with E-state index in [-0.39, 0.29) is 23.8 Å². The summed E-state index contributed by atoms with van der Waals surface area (Å²) < 4.78 is 23.4. The van der Waals surface area contributed by atoms with Gasteiger partial charge in [-0.2, -0.15) is 0 Å². The number of carbonyl (C=O) groups excluding carboxylic acids is 1. The number of hydrogen-bond acceptors (Lipinski definition) is 5. The van der Waals surface area contributed by atoms with Gasteiger partial charge in [0.2, 0.25) is 0 Å². The van der Waals surface area contributed by atoms with Gasteiger partial charge < -0.3 is 10.1 Å². The lowest BCUT2D eigenvalue weighted by molar-refractivity contribution is 0.0696. The van der Waals surface area contributed by atoms with Crippen molar-refractivity contribution in [3.8, 4) is 11.3 Å². The number of fused-ring (bicyclic) bond motifs is 3. The Kier molecular flexibility index (Phi) is 5.59. The Bertz CT molecular complexity index is 1370. The zero-order chi connectivity index (χ0) is 23.2. The number of imidazole rings is 1. The normalized spacial score (nSPS) is 19.9. The van der Waals surface area contributed by atoms with Gasteiger partial charge in [0.1, 0.15) is 5.82 Å². The quantitative estimate of drug-likeness (QED) is 0.447. The highest BCUT2D eigenvalue weighted by molar-refractivity contribution is 7.23. The van der Waals surface area contributed by atoms with E-state index in [1.807, 2.05) is 40.9 Å². The molecule has 176 valence electrons. The molecule has 6 nitrogen and oxygen atoms in total. The van der Waals surface area contributed by atoms with Crippen molar-refractivity contribution in [1.29, 1.82) is 0 Å². The minimum Gasteiger partial charge on any atom is -0.381 e. The molecule has 1 unspecified atom stereocenters. The molecule has 0 saturated carbocycles. The highest BCUT2D eigenvalue weighted by Crippen LogP contribution is 2.34. The summed E-state index contributed by atoms with van der Waals surface area (Å²) in [5, 5.41) is 3.11. The molecule has 2 aromatic heterocycles. The number of halogens is 1. The first-order chi connectivity index (χ1) is 16.6. The average molecular weight is 479 g/mol. The fourth-order valence-corrected chi connectivity index (χ4v) is 6.21. The maximum Gasteiger partial charge on any atom is 0.251 e. The van der Waals surface area contributed by atoms with Crippen LogP contribution in [-0.2, 0) is 4.74 Å². The van der Waals surface area contributed by atoms with Crippen molar-refractivity contribution >= 4 is 32.4 Å². The number of amides is 1. The van der Waals surface area contributed by atoms with Gasteiger partial charge in [0, 0.05) is 42.6 Å². The number of nitrogens with one attached hydrogen (secondary N) is 1. The topological polar surface area (TPSA) is 58.9 Å². The molecule has 34 heavy (non-hydrogen) atoms. The summed E-state index contributed by atoms with van der Waals surface area (Å²) in [6.07, 6.45) is 5.79. The third-order valence-electron chi connectivity index (χ3n) is 7.09. The second-order valence-corrected chi connectivity index (χ2v) is 10.3. The van der Waals surface area contributed by atoms with Gasteiger partial charge in [-0.15, -0.1) is 0 Å². The molecule has 2 aromatic carbocycles. The Hall–Kier alpha value is -2.81. The van der Waals surface area contributed by atoms with E-state index in [2.05, 4.69) is 17.3 Å². The van der Waals surface area contributed by atoms with E-state index in [0.29, 0.717) is 30.0 Å². The van der Waals surface area contributed by atoms with Gasteiger partial charge in [0.15, 0.2) is 4.96 Å². The number of thiazole rings is 1. The average Bonchev–Trinajstić information content (AvgIpc) is 3.53. The molecule has 0 bridgehead atoms. The molecule has 2 saturated heterocycles. The molecule has 0 aliphatic carbocycles. The molecule has 2 aliphatic rings. The number of hydrogen-bond donors (Lipinski definition) is 1. The zero-order valence-electron chi connectivity index (χ0n) is 19.1. The first kappa shape index (κ1) is 21.7. The number of carbonyl (C=O) groups is 1. The Balaban J connectivity index is 1.26. The summed E-state index contributed by atoms with van der Waals surface area (Å²) in [5.41, 5.74) is 3.77. The molecule has 4 heterocycles. The lowest BCUT2D eigenvalue weighted by Gasteiger charge is -2.23. The van der Waals surface area contributed by atoms with Gasteiger partial charge in [-0.05, 0) is 75.2 Å². The Morgan fingerprint density at radius 3 is 2.79 bits per heavy atom. The minimum absolute atomic E-state index is 0.0596. The minimum atomic E-state index is -0.236. The molecule has 1 amide bonds. The Morgan fingerprint density at radius 2 is 2.03 bits per heavy atom. The maximum absolute atomic E-state index is 15.1. The SMILES string of the molecule is CN1CCCC1c1ccc(-c2cn3c(n2)sc2cc(C(=O)NC4CCOCC4)ccc23)c(F)c1. The van der Waals surface area contributed by atoms with E-state index >= 15 is 4.39 Å². The van der Waals surface area contributed by atoms with Crippen LogP contribution in [0.15, 0.2) is 42.6 Å². The van der Waals surface area contributed by atoms with Crippen LogP contribution in [0.5, 0.6) is 0 Å². The fraction of sp³-hybridized carbons (Fsp3) is 0.385. The lowest BCUT2D eigenvalue weighted by atomic mass is 10.0. The molecular formula is C26H27FN4O2S.